The summed E-state index contributed by atoms with van der Waals surface area (Å²) in [5, 5.41) is 21.7. The van der Waals surface area contributed by atoms with Crippen LogP contribution in [0, 0.1) is 10.1 Å². The second-order valence-corrected chi connectivity index (χ2v) is 10.3. The highest BCUT2D eigenvalue weighted by molar-refractivity contribution is 14.1. The highest BCUT2D eigenvalue weighted by Crippen LogP contribution is 2.40. The Kier molecular flexibility index (Phi) is 8.62. The Morgan fingerprint density at radius 1 is 1.09 bits per heavy atom. The number of hydrogen-bond donors (Lipinski definition) is 1. The van der Waals surface area contributed by atoms with Crippen molar-refractivity contribution in [1.29, 1.82) is 0 Å². The maximum Gasteiger partial charge on any atom is 0.311 e. The van der Waals surface area contributed by atoms with Crippen molar-refractivity contribution >= 4 is 88.5 Å². The summed E-state index contributed by atoms with van der Waals surface area (Å²) in [4.78, 5) is 24.4. The predicted molar refractivity (Wildman–Crippen MR) is 142 cm³/mol. The lowest BCUT2D eigenvalue weighted by Crippen LogP contribution is -2.04. The number of nitro benzene ring substituents is 1. The Balaban J connectivity index is 2.07. The molecule has 0 aliphatic carbocycles. The van der Waals surface area contributed by atoms with Crippen molar-refractivity contribution in [2.45, 2.75) is 5.75 Å². The summed E-state index contributed by atoms with van der Waals surface area (Å²) >= 11 is 18.9. The van der Waals surface area contributed by atoms with Crippen LogP contribution in [0.5, 0.6) is 5.75 Å². The summed E-state index contributed by atoms with van der Waals surface area (Å²) in [6.07, 6.45) is 0. The normalized spacial score (nSPS) is 11.8. The van der Waals surface area contributed by atoms with Gasteiger partial charge in [0, 0.05) is 30.5 Å². The van der Waals surface area contributed by atoms with Crippen molar-refractivity contribution in [3.63, 3.8) is 0 Å². The predicted octanol–water partition coefficient (Wildman–Crippen LogP) is 8.29. The maximum absolute atomic E-state index is 13.5. The van der Waals surface area contributed by atoms with Crippen LogP contribution in [0.1, 0.15) is 21.5 Å². The highest BCUT2D eigenvalue weighted by Gasteiger charge is 2.23. The molecule has 0 saturated heterocycles. The number of allylic oxidation sites excluding steroid dienone is 1. The van der Waals surface area contributed by atoms with Crippen LogP contribution in [0.15, 0.2) is 70.0 Å². The molecule has 0 atom stereocenters. The highest BCUT2D eigenvalue weighted by atomic mass is 127. The first kappa shape index (κ1) is 25.0. The first-order valence-electron chi connectivity index (χ1n) is 8.92. The van der Waals surface area contributed by atoms with E-state index < -0.39 is 16.4 Å². The van der Waals surface area contributed by atoms with Crippen molar-refractivity contribution in [1.82, 2.24) is 0 Å². The van der Waals surface area contributed by atoms with Gasteiger partial charge in [-0.15, -0.1) is 11.8 Å². The Bertz CT molecular complexity index is 1240. The van der Waals surface area contributed by atoms with Gasteiger partial charge in [-0.05, 0) is 76.2 Å². The molecule has 5 nitrogen and oxygen atoms in total. The molecule has 0 unspecified atom stereocenters. The van der Waals surface area contributed by atoms with Gasteiger partial charge in [-0.25, -0.2) is 0 Å². The van der Waals surface area contributed by atoms with E-state index in [2.05, 4.69) is 15.9 Å². The number of hydrogen-bond acceptors (Lipinski definition) is 5. The maximum atomic E-state index is 13.5. The largest absolute Gasteiger partial charge is 0.502 e. The van der Waals surface area contributed by atoms with Crippen LogP contribution in [0.2, 0.25) is 10.0 Å². The summed E-state index contributed by atoms with van der Waals surface area (Å²) in [6, 6.07) is 16.3. The van der Waals surface area contributed by atoms with Crippen molar-refractivity contribution in [3.05, 3.63) is 107 Å². The molecule has 3 aromatic rings. The molecule has 0 radical (unpaired) electrons. The minimum atomic E-state index is -0.671. The van der Waals surface area contributed by atoms with E-state index in [0.717, 1.165) is 10.0 Å². The number of Topliss-reactive ketones (excluding diaryl/α,β-unsaturated/α-hetero) is 1. The number of nitro groups is 1. The summed E-state index contributed by atoms with van der Waals surface area (Å²) in [5.41, 5.74) is 1.26. The Morgan fingerprint density at radius 2 is 1.78 bits per heavy atom. The molecule has 0 saturated carbocycles. The van der Waals surface area contributed by atoms with Gasteiger partial charge < -0.3 is 5.11 Å². The van der Waals surface area contributed by atoms with Gasteiger partial charge in [0.15, 0.2) is 5.75 Å². The standard InChI is InChI=1S/C22H13BrCl2INO4S/c23-14-4-1-12(2-5-14)11-32-22(21(29)16-7-6-15(24)10-17(16)25)20(26)13-3-8-19(28)18(9-13)27(30)31/h1-10,28H,11H2. The number of phenols is 1. The molecular formula is C22H13BrCl2INO4S. The molecule has 3 aromatic carbocycles. The summed E-state index contributed by atoms with van der Waals surface area (Å²) in [7, 11) is 0. The number of aromatic hydroxyl groups is 1. The second kappa shape index (κ2) is 11.0. The van der Waals surface area contributed by atoms with Crippen molar-refractivity contribution < 1.29 is 14.8 Å². The van der Waals surface area contributed by atoms with Gasteiger partial charge in [0.1, 0.15) is 0 Å². The summed E-state index contributed by atoms with van der Waals surface area (Å²) < 4.78 is 1.45. The lowest BCUT2D eigenvalue weighted by atomic mass is 10.1. The number of ketones is 1. The summed E-state index contributed by atoms with van der Waals surface area (Å²) in [5.74, 6) is -0.278. The van der Waals surface area contributed by atoms with Crippen molar-refractivity contribution in [3.8, 4) is 5.75 Å². The van der Waals surface area contributed by atoms with Crippen LogP contribution in [-0.4, -0.2) is 15.8 Å². The molecule has 0 aliphatic rings. The first-order chi connectivity index (χ1) is 15.2. The van der Waals surface area contributed by atoms with Gasteiger partial charge in [-0.2, -0.15) is 0 Å². The molecule has 0 aliphatic heterocycles. The monoisotopic (exact) mass is 663 g/mol. The van der Waals surface area contributed by atoms with Gasteiger partial charge in [0.05, 0.1) is 14.9 Å². The zero-order valence-corrected chi connectivity index (χ0v) is 22.1. The van der Waals surface area contributed by atoms with Crippen molar-refractivity contribution in [2.24, 2.45) is 0 Å². The van der Waals surface area contributed by atoms with E-state index in [9.17, 15) is 20.0 Å². The fraction of sp³-hybridized carbons (Fsp3) is 0.0455. The molecule has 3 rings (SSSR count). The average Bonchev–Trinajstić information content (AvgIpc) is 2.75. The molecule has 0 bridgehead atoms. The lowest BCUT2D eigenvalue weighted by molar-refractivity contribution is -0.385. The number of halogens is 4. The zero-order valence-electron chi connectivity index (χ0n) is 16.0. The third-order valence-electron chi connectivity index (χ3n) is 4.30. The summed E-state index contributed by atoms with van der Waals surface area (Å²) in [6.45, 7) is 0. The molecule has 0 heterocycles. The van der Waals surface area contributed by atoms with Crippen LogP contribution >= 0.6 is 73.5 Å². The molecule has 0 fully saturated rings. The zero-order chi connectivity index (χ0) is 23.4. The number of thioether (sulfide) groups is 1. The molecule has 0 amide bonds. The van der Waals surface area contributed by atoms with Crippen LogP contribution in [0.4, 0.5) is 5.69 Å². The third kappa shape index (κ3) is 6.05. The van der Waals surface area contributed by atoms with E-state index in [4.69, 9.17) is 23.2 Å². The minimum Gasteiger partial charge on any atom is -0.502 e. The fourth-order valence-electron chi connectivity index (χ4n) is 2.70. The molecule has 32 heavy (non-hydrogen) atoms. The van der Waals surface area contributed by atoms with Crippen LogP contribution < -0.4 is 0 Å². The Morgan fingerprint density at radius 3 is 2.41 bits per heavy atom. The molecular weight excluding hydrogens is 652 g/mol. The number of carbonyl (C=O) groups excluding carboxylic acids is 1. The van der Waals surface area contributed by atoms with Crippen molar-refractivity contribution in [2.75, 3.05) is 0 Å². The number of rotatable bonds is 7. The smallest absolute Gasteiger partial charge is 0.311 e. The van der Waals surface area contributed by atoms with E-state index in [0.29, 0.717) is 24.8 Å². The van der Waals surface area contributed by atoms with Crippen LogP contribution in [0.25, 0.3) is 3.58 Å². The van der Waals surface area contributed by atoms with E-state index in [1.54, 1.807) is 12.1 Å². The first-order valence-corrected chi connectivity index (χ1v) is 12.5. The third-order valence-corrected chi connectivity index (χ3v) is 8.06. The molecule has 10 heteroatoms. The molecule has 0 spiro atoms. The van der Waals surface area contributed by atoms with E-state index in [1.165, 1.54) is 36.0 Å². The molecule has 1 N–H and O–H groups in total. The molecule has 0 aromatic heterocycles. The number of carbonyl (C=O) groups is 1. The van der Waals surface area contributed by atoms with E-state index in [1.807, 2.05) is 46.9 Å². The number of benzene rings is 3. The number of nitrogens with zero attached hydrogens (tertiary/aromatic N) is 1. The van der Waals surface area contributed by atoms with Gasteiger partial charge in [0.2, 0.25) is 5.78 Å². The molecule has 164 valence electrons. The quantitative estimate of drug-likeness (QED) is 0.0904. The van der Waals surface area contributed by atoms with E-state index in [-0.39, 0.29) is 16.4 Å². The van der Waals surface area contributed by atoms with Gasteiger partial charge in [0.25, 0.3) is 0 Å². The van der Waals surface area contributed by atoms with Gasteiger partial charge in [-0.1, -0.05) is 51.3 Å². The lowest BCUT2D eigenvalue weighted by Gasteiger charge is -2.12. The second-order valence-electron chi connectivity index (χ2n) is 6.47. The Labute approximate surface area is 220 Å². The van der Waals surface area contributed by atoms with Gasteiger partial charge in [-0.3, -0.25) is 14.9 Å². The fourth-order valence-corrected chi connectivity index (χ4v) is 5.49. The topological polar surface area (TPSA) is 80.4 Å². The van der Waals surface area contributed by atoms with Crippen LogP contribution in [0.3, 0.4) is 0 Å². The van der Waals surface area contributed by atoms with Crippen LogP contribution in [-0.2, 0) is 5.75 Å². The Hall–Kier alpha value is -1.59. The van der Waals surface area contributed by atoms with Gasteiger partial charge >= 0.3 is 5.69 Å². The minimum absolute atomic E-state index is 0.213. The van der Waals surface area contributed by atoms with E-state index >= 15 is 0 Å². The average molecular weight is 665 g/mol. The SMILES string of the molecule is O=C(C(SCc1ccc(Br)cc1)=C(I)c1ccc(O)c([N+](=O)[O-])c1)c1ccc(Cl)cc1Cl. The number of phenolic OH excluding ortho intramolecular Hbond substituents is 1.